The van der Waals surface area contributed by atoms with Crippen molar-refractivity contribution in [3.05, 3.63) is 54.6 Å². The highest BCUT2D eigenvalue weighted by molar-refractivity contribution is 5.97. The molecule has 0 unspecified atom stereocenters. The van der Waals surface area contributed by atoms with Crippen molar-refractivity contribution in [1.82, 2.24) is 0 Å². The fourth-order valence-corrected chi connectivity index (χ4v) is 3.80. The molecular formula is C34H47N3O14. The molecule has 0 atom stereocenters. The first-order valence-electron chi connectivity index (χ1n) is 15.3. The van der Waals surface area contributed by atoms with Crippen molar-refractivity contribution in [1.29, 1.82) is 0 Å². The van der Waals surface area contributed by atoms with Crippen LogP contribution < -0.4 is 44.8 Å². The smallest absolute Gasteiger partial charge is 0.224 e. The molecule has 2 amide bonds. The van der Waals surface area contributed by atoms with Crippen molar-refractivity contribution in [3.8, 4) is 34.5 Å². The number of carbonyl (C=O) groups excluding carboxylic acids is 2. The van der Waals surface area contributed by atoms with E-state index in [1.165, 1.54) is 28.4 Å². The first kappa shape index (κ1) is 42.1. The molecule has 0 saturated carbocycles. The minimum atomic E-state index is -0.346. The predicted octanol–water partition coefficient (Wildman–Crippen LogP) is 4.21. The number of hydrogen-bond donors (Lipinski definition) is 3. The molecule has 0 aromatic heterocycles. The highest BCUT2D eigenvalue weighted by Gasteiger charge is 2.13. The first-order chi connectivity index (χ1) is 24.8. The summed E-state index contributed by atoms with van der Waals surface area (Å²) in [4.78, 5) is 24.8. The highest BCUT2D eigenvalue weighted by Crippen LogP contribution is 2.32. The quantitative estimate of drug-likeness (QED) is 0.0930. The average Bonchev–Trinajstić information content (AvgIpc) is 3.13. The summed E-state index contributed by atoms with van der Waals surface area (Å²) >= 11 is 0. The molecule has 51 heavy (non-hydrogen) atoms. The topological polar surface area (TPSA) is 195 Å². The van der Waals surface area contributed by atoms with Gasteiger partial charge in [0.15, 0.2) is 75.3 Å². The number of benzene rings is 3. The number of ether oxygens (including phenoxy) is 12. The molecule has 17 heteroatoms. The number of anilines is 3. The van der Waals surface area contributed by atoms with E-state index in [9.17, 15) is 9.59 Å². The molecule has 3 rings (SSSR count). The summed E-state index contributed by atoms with van der Waals surface area (Å²) in [6, 6.07) is 14.9. The van der Waals surface area contributed by atoms with E-state index in [4.69, 9.17) is 62.6 Å². The lowest BCUT2D eigenvalue weighted by Crippen LogP contribution is -2.17. The summed E-state index contributed by atoms with van der Waals surface area (Å²) in [6.45, 7) is 0.372. The van der Waals surface area contributed by atoms with E-state index in [0.29, 0.717) is 51.6 Å². The molecule has 4 N–H and O–H groups in total. The molecule has 282 valence electrons. The second-order valence-electron chi connectivity index (χ2n) is 9.93. The van der Waals surface area contributed by atoms with E-state index in [-0.39, 0.29) is 65.4 Å². The normalized spacial score (nSPS) is 10.3. The Bertz CT molecular complexity index is 1380. The predicted molar refractivity (Wildman–Crippen MR) is 185 cm³/mol. The second kappa shape index (κ2) is 25.0. The molecule has 0 saturated heterocycles. The maximum Gasteiger partial charge on any atom is 0.224 e. The molecule has 0 aliphatic heterocycles. The van der Waals surface area contributed by atoms with E-state index in [2.05, 4.69) is 10.6 Å². The number of amides is 2. The fourth-order valence-electron chi connectivity index (χ4n) is 3.80. The van der Waals surface area contributed by atoms with Gasteiger partial charge in [0.25, 0.3) is 0 Å². The largest absolute Gasteiger partial charge is 0.464 e. The SMILES string of the molecule is COCOc1ccc(N)cc1OCOC.COCOc1ccc(NC(=O)CCC(=O)Nc2ccc(OCOC)c(OCOC)c2)cc1OCOC. The van der Waals surface area contributed by atoms with E-state index >= 15 is 0 Å². The van der Waals surface area contributed by atoms with Crippen LogP contribution in [0.25, 0.3) is 0 Å². The number of nitrogens with one attached hydrogen (secondary N) is 2. The van der Waals surface area contributed by atoms with Gasteiger partial charge < -0.3 is 73.2 Å². The van der Waals surface area contributed by atoms with Crippen LogP contribution >= 0.6 is 0 Å². The lowest BCUT2D eigenvalue weighted by atomic mass is 10.2. The minimum Gasteiger partial charge on any atom is -0.464 e. The second-order valence-corrected chi connectivity index (χ2v) is 9.93. The van der Waals surface area contributed by atoms with Gasteiger partial charge in [0.05, 0.1) is 0 Å². The van der Waals surface area contributed by atoms with Crippen molar-refractivity contribution in [2.75, 3.05) is 99.8 Å². The Morgan fingerprint density at radius 2 is 0.745 bits per heavy atom. The number of carbonyl (C=O) groups is 2. The van der Waals surface area contributed by atoms with Crippen molar-refractivity contribution in [2.45, 2.75) is 12.8 Å². The Kier molecular flexibility index (Phi) is 20.6. The third-order valence-electron chi connectivity index (χ3n) is 6.00. The monoisotopic (exact) mass is 721 g/mol. The van der Waals surface area contributed by atoms with Crippen LogP contribution in [0.3, 0.4) is 0 Å². The molecule has 0 bridgehead atoms. The number of nitrogen functional groups attached to an aromatic ring is 1. The Hall–Kier alpha value is -5.04. The van der Waals surface area contributed by atoms with Gasteiger partial charge in [-0.2, -0.15) is 0 Å². The Labute approximate surface area is 297 Å². The molecular weight excluding hydrogens is 674 g/mol. The highest BCUT2D eigenvalue weighted by atomic mass is 16.7. The van der Waals surface area contributed by atoms with Crippen LogP contribution in [-0.2, 0) is 38.0 Å². The minimum absolute atomic E-state index is 0.00137. The van der Waals surface area contributed by atoms with Crippen LogP contribution in [0.4, 0.5) is 17.1 Å². The maximum atomic E-state index is 12.4. The molecule has 17 nitrogen and oxygen atoms in total. The summed E-state index contributed by atoms with van der Waals surface area (Å²) in [5.74, 6) is 2.01. The number of nitrogens with two attached hydrogens (primary N) is 1. The van der Waals surface area contributed by atoms with Crippen LogP contribution in [0.5, 0.6) is 34.5 Å². The standard InChI is InChI=1S/C24H32N2O10.C10H15NO4/c1-29-13-33-19-7-5-17(11-21(19)35-15-31-3)25-23(27)9-10-24(28)26-18-6-8-20(34-14-30-2)22(12-18)36-16-32-4;1-12-6-14-9-4-3-8(11)5-10(9)15-7-13-2/h5-8,11-12H,9-10,13-16H2,1-4H3,(H,25,27)(H,26,28);3-5H,6-7,11H2,1-2H3. The molecule has 0 aliphatic rings. The van der Waals surface area contributed by atoms with E-state index in [1.54, 1.807) is 68.8 Å². The molecule has 0 radical (unpaired) electrons. The fraction of sp³-hybridized carbons (Fsp3) is 0.412. The van der Waals surface area contributed by atoms with Crippen LogP contribution in [0.15, 0.2) is 54.6 Å². The molecule has 3 aromatic rings. The number of methoxy groups -OCH3 is 6. The average molecular weight is 722 g/mol. The third kappa shape index (κ3) is 16.5. The van der Waals surface area contributed by atoms with Gasteiger partial charge in [-0.3, -0.25) is 9.59 Å². The lowest BCUT2D eigenvalue weighted by Gasteiger charge is -2.14. The van der Waals surface area contributed by atoms with Gasteiger partial charge >= 0.3 is 0 Å². The zero-order valence-corrected chi connectivity index (χ0v) is 29.6. The lowest BCUT2D eigenvalue weighted by molar-refractivity contribution is -0.121. The summed E-state index contributed by atoms with van der Waals surface area (Å²) in [7, 11) is 9.07. The van der Waals surface area contributed by atoms with Crippen LogP contribution in [0.1, 0.15) is 12.8 Å². The van der Waals surface area contributed by atoms with Crippen molar-refractivity contribution in [2.24, 2.45) is 0 Å². The van der Waals surface area contributed by atoms with Gasteiger partial charge in [-0.05, 0) is 36.4 Å². The maximum absolute atomic E-state index is 12.4. The molecule has 3 aromatic carbocycles. The molecule has 0 spiro atoms. The van der Waals surface area contributed by atoms with Crippen molar-refractivity contribution >= 4 is 28.9 Å². The van der Waals surface area contributed by atoms with Gasteiger partial charge in [0.1, 0.15) is 0 Å². The van der Waals surface area contributed by atoms with Gasteiger partial charge in [-0.25, -0.2) is 0 Å². The van der Waals surface area contributed by atoms with Crippen LogP contribution in [-0.4, -0.2) is 95.2 Å². The van der Waals surface area contributed by atoms with Gasteiger partial charge in [0.2, 0.25) is 11.8 Å². The van der Waals surface area contributed by atoms with Crippen molar-refractivity contribution < 1.29 is 66.4 Å². The third-order valence-corrected chi connectivity index (χ3v) is 6.00. The first-order valence-corrected chi connectivity index (χ1v) is 15.3. The molecule has 0 aliphatic carbocycles. The Morgan fingerprint density at radius 1 is 0.451 bits per heavy atom. The summed E-state index contributed by atoms with van der Waals surface area (Å²) in [5, 5.41) is 5.46. The molecule has 0 fully saturated rings. The van der Waals surface area contributed by atoms with Gasteiger partial charge in [-0.15, -0.1) is 0 Å². The van der Waals surface area contributed by atoms with Crippen LogP contribution in [0.2, 0.25) is 0 Å². The van der Waals surface area contributed by atoms with Gasteiger partial charge in [-0.1, -0.05) is 0 Å². The summed E-state index contributed by atoms with van der Waals surface area (Å²) in [5.41, 5.74) is 7.17. The van der Waals surface area contributed by atoms with E-state index < -0.39 is 0 Å². The van der Waals surface area contributed by atoms with Crippen molar-refractivity contribution in [3.63, 3.8) is 0 Å². The summed E-state index contributed by atoms with van der Waals surface area (Å²) < 4.78 is 61.6. The molecule has 0 heterocycles. The summed E-state index contributed by atoms with van der Waals surface area (Å²) in [6.07, 6.45) is -0.0752. The number of hydrogen-bond acceptors (Lipinski definition) is 15. The Morgan fingerprint density at radius 3 is 1.08 bits per heavy atom. The van der Waals surface area contributed by atoms with E-state index in [0.717, 1.165) is 0 Å². The van der Waals surface area contributed by atoms with Gasteiger partial charge in [0, 0.05) is 90.8 Å². The number of rotatable bonds is 23. The zero-order valence-electron chi connectivity index (χ0n) is 29.6. The van der Waals surface area contributed by atoms with E-state index in [1.807, 2.05) is 0 Å². The zero-order chi connectivity index (χ0) is 37.3. The van der Waals surface area contributed by atoms with Crippen LogP contribution in [0, 0.1) is 0 Å². The Balaban J connectivity index is 0.000000500.